The Morgan fingerprint density at radius 2 is 2.10 bits per heavy atom. The number of methoxy groups -OCH3 is 2. The van der Waals surface area contributed by atoms with Crippen molar-refractivity contribution in [1.29, 1.82) is 0 Å². The molecule has 1 aromatic heterocycles. The van der Waals surface area contributed by atoms with Crippen molar-refractivity contribution in [3.8, 4) is 0 Å². The van der Waals surface area contributed by atoms with Gasteiger partial charge in [-0.3, -0.25) is 0 Å². The molecule has 0 saturated heterocycles. The normalized spacial score (nSPS) is 32.8. The molecule has 6 nitrogen and oxygen atoms in total. The van der Waals surface area contributed by atoms with Gasteiger partial charge in [0.1, 0.15) is 12.2 Å². The lowest BCUT2D eigenvalue weighted by molar-refractivity contribution is -0.0464. The molecule has 6 heteroatoms. The van der Waals surface area contributed by atoms with Crippen molar-refractivity contribution in [3.63, 3.8) is 0 Å². The Labute approximate surface area is 170 Å². The maximum Gasteiger partial charge on any atom is 0.119 e. The van der Waals surface area contributed by atoms with Crippen LogP contribution in [-0.4, -0.2) is 55.0 Å². The van der Waals surface area contributed by atoms with Crippen molar-refractivity contribution in [1.82, 2.24) is 9.88 Å². The van der Waals surface area contributed by atoms with Gasteiger partial charge in [0.25, 0.3) is 0 Å². The molecule has 1 spiro atoms. The topological polar surface area (TPSA) is 62.2 Å². The van der Waals surface area contributed by atoms with Gasteiger partial charge in [0.15, 0.2) is 0 Å². The van der Waals surface area contributed by atoms with E-state index in [0.29, 0.717) is 5.92 Å². The van der Waals surface area contributed by atoms with Crippen molar-refractivity contribution >= 4 is 23.1 Å². The summed E-state index contributed by atoms with van der Waals surface area (Å²) >= 11 is 0. The Bertz CT molecular complexity index is 1070. The summed E-state index contributed by atoms with van der Waals surface area (Å²) in [6.07, 6.45) is 7.02. The van der Waals surface area contributed by atoms with Crippen LogP contribution in [0.15, 0.2) is 46.0 Å². The average Bonchev–Trinajstić information content (AvgIpc) is 3.37. The molecule has 4 aliphatic rings. The number of nitrogens with one attached hydrogen (secondary N) is 1. The largest absolute Gasteiger partial charge is 0.378 e. The average molecular weight is 390 g/mol. The Balaban J connectivity index is 1.36. The van der Waals surface area contributed by atoms with Crippen LogP contribution < -0.4 is 0 Å². The van der Waals surface area contributed by atoms with Crippen LogP contribution in [-0.2, 0) is 22.4 Å². The molecule has 2 aliphatic carbocycles. The molecular weight excluding hydrogens is 364 g/mol. The van der Waals surface area contributed by atoms with Crippen LogP contribution in [0.3, 0.4) is 0 Å². The zero-order valence-electron chi connectivity index (χ0n) is 16.9. The predicted octanol–water partition coefficient (Wildman–Crippen LogP) is 3.29. The highest BCUT2D eigenvalue weighted by molar-refractivity contribution is 6.01. The van der Waals surface area contributed by atoms with Crippen LogP contribution in [0.1, 0.15) is 24.1 Å². The van der Waals surface area contributed by atoms with Crippen LogP contribution in [0.2, 0.25) is 0 Å². The molecule has 4 unspecified atom stereocenters. The third-order valence-corrected chi connectivity index (χ3v) is 7.31. The molecule has 3 heterocycles. The molecule has 0 bridgehead atoms. The van der Waals surface area contributed by atoms with E-state index in [-0.39, 0.29) is 17.6 Å². The van der Waals surface area contributed by atoms with Gasteiger partial charge >= 0.3 is 0 Å². The first kappa shape index (κ1) is 17.4. The summed E-state index contributed by atoms with van der Waals surface area (Å²) in [6.45, 7) is 1.85. The highest BCUT2D eigenvalue weighted by Gasteiger charge is 2.67. The molecule has 2 aliphatic heterocycles. The van der Waals surface area contributed by atoms with Gasteiger partial charge in [-0.15, -0.1) is 0 Å². The maximum atomic E-state index is 5.91. The van der Waals surface area contributed by atoms with E-state index in [1.807, 2.05) is 0 Å². The SMILES string of the molecule is COC1CC=C2N=CN=C(N3CCc4c([nH]c5ccccc45)C3)C23CC3C1OC. The number of benzene rings is 1. The number of nitrogens with zero attached hydrogens (tertiary/aromatic N) is 3. The van der Waals surface area contributed by atoms with Crippen molar-refractivity contribution in [2.75, 3.05) is 20.8 Å². The number of para-hydroxylation sites is 1. The van der Waals surface area contributed by atoms with Crippen molar-refractivity contribution in [2.24, 2.45) is 21.3 Å². The van der Waals surface area contributed by atoms with Gasteiger partial charge in [0.2, 0.25) is 0 Å². The van der Waals surface area contributed by atoms with Crippen LogP contribution >= 0.6 is 0 Å². The van der Waals surface area contributed by atoms with Crippen LogP contribution in [0, 0.1) is 11.3 Å². The molecule has 2 aromatic rings. The second-order valence-corrected chi connectivity index (χ2v) is 8.58. The van der Waals surface area contributed by atoms with E-state index < -0.39 is 0 Å². The van der Waals surface area contributed by atoms with E-state index in [1.54, 1.807) is 20.6 Å². The summed E-state index contributed by atoms with van der Waals surface area (Å²) in [5, 5.41) is 1.36. The van der Waals surface area contributed by atoms with Crippen molar-refractivity contribution in [3.05, 3.63) is 47.3 Å². The number of aliphatic imine (C=N–C) groups is 2. The van der Waals surface area contributed by atoms with Gasteiger partial charge < -0.3 is 19.4 Å². The fourth-order valence-electron chi connectivity index (χ4n) is 5.87. The van der Waals surface area contributed by atoms with Gasteiger partial charge in [0, 0.05) is 43.3 Å². The number of aromatic amines is 1. The smallest absolute Gasteiger partial charge is 0.119 e. The van der Waals surface area contributed by atoms with Gasteiger partial charge in [0.05, 0.1) is 29.9 Å². The third kappa shape index (κ3) is 2.36. The van der Waals surface area contributed by atoms with Crippen molar-refractivity contribution < 1.29 is 9.47 Å². The Morgan fingerprint density at radius 1 is 1.21 bits per heavy atom. The molecular formula is C23H26N4O2. The zero-order chi connectivity index (χ0) is 19.6. The molecule has 0 amide bonds. The second kappa shape index (κ2) is 6.28. The molecule has 6 rings (SSSR count). The van der Waals surface area contributed by atoms with Crippen LogP contribution in [0.4, 0.5) is 0 Å². The molecule has 1 aromatic carbocycles. The highest BCUT2D eigenvalue weighted by atomic mass is 16.5. The minimum Gasteiger partial charge on any atom is -0.378 e. The van der Waals surface area contributed by atoms with E-state index in [1.165, 1.54) is 22.2 Å². The van der Waals surface area contributed by atoms with E-state index in [2.05, 4.69) is 45.2 Å². The first-order valence-electron chi connectivity index (χ1n) is 10.5. The maximum absolute atomic E-state index is 5.91. The second-order valence-electron chi connectivity index (χ2n) is 8.58. The highest BCUT2D eigenvalue weighted by Crippen LogP contribution is 2.64. The monoisotopic (exact) mass is 390 g/mol. The number of ether oxygens (including phenoxy) is 2. The first-order chi connectivity index (χ1) is 14.3. The van der Waals surface area contributed by atoms with E-state index in [0.717, 1.165) is 43.9 Å². The molecule has 150 valence electrons. The minimum absolute atomic E-state index is 0.0700. The predicted molar refractivity (Wildman–Crippen MR) is 113 cm³/mol. The standard InChI is InChI=1S/C23H26N4O2/c1-28-19-7-8-20-23(11-16(23)21(19)29-2)22(25-13-24-20)27-10-9-15-14-5-3-4-6-17(14)26-18(15)12-27/h3-6,8,13,16,19,21,26H,7,9-12H2,1-2H3. The number of hydrogen-bond acceptors (Lipinski definition) is 5. The molecule has 0 radical (unpaired) electrons. The molecule has 4 atom stereocenters. The fourth-order valence-corrected chi connectivity index (χ4v) is 5.87. The van der Waals surface area contributed by atoms with Gasteiger partial charge in [-0.25, -0.2) is 9.98 Å². The summed E-state index contributed by atoms with van der Waals surface area (Å²) in [4.78, 5) is 15.6. The molecule has 1 fully saturated rings. The van der Waals surface area contributed by atoms with Crippen LogP contribution in [0.25, 0.3) is 10.9 Å². The number of H-pyrrole nitrogens is 1. The number of hydrogen-bond donors (Lipinski definition) is 1. The first-order valence-corrected chi connectivity index (χ1v) is 10.5. The zero-order valence-corrected chi connectivity index (χ0v) is 16.9. The van der Waals surface area contributed by atoms with Gasteiger partial charge in [-0.2, -0.15) is 0 Å². The third-order valence-electron chi connectivity index (χ3n) is 7.31. The number of aromatic nitrogens is 1. The van der Waals surface area contributed by atoms with E-state index in [4.69, 9.17) is 14.5 Å². The van der Waals surface area contributed by atoms with Gasteiger partial charge in [-0.1, -0.05) is 24.3 Å². The molecule has 1 saturated carbocycles. The quantitative estimate of drug-likeness (QED) is 0.856. The lowest BCUT2D eigenvalue weighted by atomic mass is 9.92. The molecule has 29 heavy (non-hydrogen) atoms. The number of rotatable bonds is 2. The van der Waals surface area contributed by atoms with Crippen LogP contribution in [0.5, 0.6) is 0 Å². The summed E-state index contributed by atoms with van der Waals surface area (Å²) < 4.78 is 11.7. The summed E-state index contributed by atoms with van der Waals surface area (Å²) in [7, 11) is 3.58. The Kier molecular flexibility index (Phi) is 3.77. The van der Waals surface area contributed by atoms with Gasteiger partial charge in [-0.05, 0) is 30.9 Å². The summed E-state index contributed by atoms with van der Waals surface area (Å²) in [6, 6.07) is 8.61. The lowest BCUT2D eigenvalue weighted by Gasteiger charge is -2.36. The van der Waals surface area contributed by atoms with Crippen molar-refractivity contribution in [2.45, 2.75) is 38.0 Å². The number of amidine groups is 1. The lowest BCUT2D eigenvalue weighted by Crippen LogP contribution is -2.44. The number of fused-ring (bicyclic) bond motifs is 3. The summed E-state index contributed by atoms with van der Waals surface area (Å²) in [5.41, 5.74) is 5.03. The van der Waals surface area contributed by atoms with E-state index >= 15 is 0 Å². The summed E-state index contributed by atoms with van der Waals surface area (Å²) in [5.74, 6) is 1.53. The fraction of sp³-hybridized carbons (Fsp3) is 0.478. The minimum atomic E-state index is -0.119. The van der Waals surface area contributed by atoms with E-state index in [9.17, 15) is 0 Å². The molecule has 1 N–H and O–H groups in total. The Morgan fingerprint density at radius 3 is 2.97 bits per heavy atom. The Hall–Kier alpha value is -2.44.